The molecule has 0 aromatic heterocycles. The third kappa shape index (κ3) is 7.66. The summed E-state index contributed by atoms with van der Waals surface area (Å²) < 4.78 is 5.88. The first-order valence-electron chi connectivity index (χ1n) is 11.0. The minimum Gasteiger partial charge on any atom is -0.507 e. The van der Waals surface area contributed by atoms with E-state index >= 15 is 0 Å². The van der Waals surface area contributed by atoms with Crippen LogP contribution < -0.4 is 4.74 Å². The van der Waals surface area contributed by atoms with Gasteiger partial charge in [0, 0.05) is 22.3 Å². The molecular formula is C25H31ClO6S. The number of hydrogen-bond donors (Lipinski definition) is 3. The van der Waals surface area contributed by atoms with E-state index in [1.807, 2.05) is 31.2 Å². The van der Waals surface area contributed by atoms with E-state index in [1.165, 1.54) is 6.92 Å². The van der Waals surface area contributed by atoms with Crippen molar-refractivity contribution >= 4 is 35.1 Å². The summed E-state index contributed by atoms with van der Waals surface area (Å²) >= 11 is 7.84. The van der Waals surface area contributed by atoms with Crippen molar-refractivity contribution in [2.24, 2.45) is 5.92 Å². The average molecular weight is 495 g/mol. The van der Waals surface area contributed by atoms with Crippen LogP contribution in [0, 0.1) is 5.92 Å². The molecule has 2 rings (SSSR count). The zero-order chi connectivity index (χ0) is 24.5. The topological polar surface area (TPSA) is 104 Å². The van der Waals surface area contributed by atoms with E-state index in [0.717, 1.165) is 23.5 Å². The molecule has 33 heavy (non-hydrogen) atoms. The van der Waals surface area contributed by atoms with Crippen LogP contribution in [0.5, 0.6) is 11.5 Å². The van der Waals surface area contributed by atoms with Gasteiger partial charge in [-0.2, -0.15) is 0 Å². The van der Waals surface area contributed by atoms with E-state index in [2.05, 4.69) is 0 Å². The highest BCUT2D eigenvalue weighted by Gasteiger charge is 2.21. The molecule has 0 aliphatic heterocycles. The van der Waals surface area contributed by atoms with Crippen molar-refractivity contribution in [1.82, 2.24) is 0 Å². The van der Waals surface area contributed by atoms with Crippen molar-refractivity contribution in [2.75, 3.05) is 12.4 Å². The molecule has 3 N–H and O–H groups in total. The second-order valence-corrected chi connectivity index (χ2v) is 9.58. The van der Waals surface area contributed by atoms with Crippen LogP contribution in [0.3, 0.4) is 0 Å². The van der Waals surface area contributed by atoms with Crippen molar-refractivity contribution in [3.8, 4) is 11.5 Å². The molecule has 180 valence electrons. The normalized spacial score (nSPS) is 12.9. The lowest BCUT2D eigenvalue weighted by atomic mass is 9.95. The zero-order valence-electron chi connectivity index (χ0n) is 19.1. The first-order valence-corrected chi connectivity index (χ1v) is 12.3. The molecule has 0 amide bonds. The molecule has 2 aromatic rings. The Kier molecular flexibility index (Phi) is 10.5. The van der Waals surface area contributed by atoms with Crippen molar-refractivity contribution in [3.63, 3.8) is 0 Å². The molecular weight excluding hydrogens is 464 g/mol. The fourth-order valence-corrected chi connectivity index (χ4v) is 4.67. The maximum atomic E-state index is 11.8. The van der Waals surface area contributed by atoms with Crippen molar-refractivity contribution in [1.29, 1.82) is 0 Å². The minimum atomic E-state index is -0.926. The van der Waals surface area contributed by atoms with Crippen molar-refractivity contribution < 1.29 is 29.6 Å². The van der Waals surface area contributed by atoms with E-state index in [4.69, 9.17) is 21.4 Å². The number of phenolic OH excluding ortho intramolecular Hbond substituents is 1. The first-order chi connectivity index (χ1) is 15.6. The predicted molar refractivity (Wildman–Crippen MR) is 131 cm³/mol. The van der Waals surface area contributed by atoms with Crippen LogP contribution in [0.1, 0.15) is 67.6 Å². The minimum absolute atomic E-state index is 0.0852. The number of phenols is 1. The molecule has 2 atom stereocenters. The highest BCUT2D eigenvalue weighted by atomic mass is 35.5. The van der Waals surface area contributed by atoms with E-state index in [9.17, 15) is 19.8 Å². The maximum Gasteiger partial charge on any atom is 0.303 e. The van der Waals surface area contributed by atoms with Gasteiger partial charge in [-0.3, -0.25) is 9.59 Å². The molecule has 0 fully saturated rings. The first kappa shape index (κ1) is 27.0. The average Bonchev–Trinajstić information content (AvgIpc) is 2.75. The van der Waals surface area contributed by atoms with Gasteiger partial charge in [0.2, 0.25) is 0 Å². The van der Waals surface area contributed by atoms with Crippen molar-refractivity contribution in [3.05, 3.63) is 52.0 Å². The summed E-state index contributed by atoms with van der Waals surface area (Å²) in [7, 11) is 0. The number of carboxylic acid groups (broad SMARTS) is 1. The number of carbonyl (C=O) groups is 2. The number of benzene rings is 2. The lowest BCUT2D eigenvalue weighted by molar-refractivity contribution is -0.139. The summed E-state index contributed by atoms with van der Waals surface area (Å²) in [6, 6.07) is 9.07. The zero-order valence-corrected chi connectivity index (χ0v) is 20.7. The van der Waals surface area contributed by atoms with Crippen LogP contribution in [0.4, 0.5) is 0 Å². The molecule has 6 nitrogen and oxygen atoms in total. The molecule has 0 aliphatic carbocycles. The number of aliphatic hydroxyl groups excluding tert-OH is 1. The highest BCUT2D eigenvalue weighted by molar-refractivity contribution is 7.99. The quantitative estimate of drug-likeness (QED) is 0.181. The number of aliphatic carboxylic acids is 1. The number of rotatable bonds is 13. The highest BCUT2D eigenvalue weighted by Crippen LogP contribution is 2.38. The lowest BCUT2D eigenvalue weighted by Gasteiger charge is -2.17. The van der Waals surface area contributed by atoms with Gasteiger partial charge in [-0.1, -0.05) is 44.0 Å². The van der Waals surface area contributed by atoms with Gasteiger partial charge in [0.15, 0.2) is 5.78 Å². The van der Waals surface area contributed by atoms with Crippen LogP contribution in [0.25, 0.3) is 0 Å². The Hall–Kier alpha value is -2.22. The maximum absolute atomic E-state index is 11.8. The number of aromatic hydroxyl groups is 1. The number of Topliss-reactive ketones (excluding diaryl/α,β-unsaturated/α-hetero) is 1. The van der Waals surface area contributed by atoms with Gasteiger partial charge in [0.05, 0.1) is 29.7 Å². The molecule has 2 aromatic carbocycles. The number of thioether (sulfide) groups is 1. The summed E-state index contributed by atoms with van der Waals surface area (Å²) in [4.78, 5) is 23.7. The third-order valence-corrected chi connectivity index (χ3v) is 6.64. The Morgan fingerprint density at radius 2 is 1.88 bits per heavy atom. The summed E-state index contributed by atoms with van der Waals surface area (Å²) in [5.41, 5.74) is 1.44. The van der Waals surface area contributed by atoms with Crippen LogP contribution in [-0.4, -0.2) is 39.4 Å². The summed E-state index contributed by atoms with van der Waals surface area (Å²) in [5.74, 6) is -0.374. The van der Waals surface area contributed by atoms with Gasteiger partial charge in [-0.25, -0.2) is 0 Å². The standard InChI is InChI=1S/C25H31ClO6S/c1-4-6-19-21(14-20(26)23(16(3)27)25(19)31)32-11-5-12-33-18-9-7-17(8-10-18)24(30)15(2)13-22(28)29/h7-10,14-15,24,30-31H,4-6,11-13H2,1-3H3,(H,28,29). The molecule has 0 radical (unpaired) electrons. The predicted octanol–water partition coefficient (Wildman–Crippen LogP) is 5.91. The monoisotopic (exact) mass is 494 g/mol. The fraction of sp³-hybridized carbons (Fsp3) is 0.440. The van der Waals surface area contributed by atoms with Crippen LogP contribution in [-0.2, 0) is 11.2 Å². The van der Waals surface area contributed by atoms with E-state index in [1.54, 1.807) is 24.8 Å². The van der Waals surface area contributed by atoms with Gasteiger partial charge in [-0.15, -0.1) is 11.8 Å². The summed E-state index contributed by atoms with van der Waals surface area (Å²) in [6.45, 7) is 5.51. The smallest absolute Gasteiger partial charge is 0.303 e. The van der Waals surface area contributed by atoms with E-state index in [0.29, 0.717) is 29.9 Å². The number of halogens is 1. The Bertz CT molecular complexity index is 960. The number of hydrogen-bond acceptors (Lipinski definition) is 6. The van der Waals surface area contributed by atoms with Crippen molar-refractivity contribution in [2.45, 2.75) is 57.5 Å². The number of carbonyl (C=O) groups excluding carboxylic acids is 1. The third-order valence-electron chi connectivity index (χ3n) is 5.24. The summed E-state index contributed by atoms with van der Waals surface area (Å²) in [6.07, 6.45) is 1.22. The Balaban J connectivity index is 1.89. The van der Waals surface area contributed by atoms with E-state index in [-0.39, 0.29) is 34.5 Å². The van der Waals surface area contributed by atoms with Crippen LogP contribution in [0.15, 0.2) is 35.2 Å². The van der Waals surface area contributed by atoms with Gasteiger partial charge in [-0.05, 0) is 43.4 Å². The van der Waals surface area contributed by atoms with Gasteiger partial charge in [0.1, 0.15) is 11.5 Å². The molecule has 0 heterocycles. The Morgan fingerprint density at radius 3 is 2.45 bits per heavy atom. The number of aliphatic hydroxyl groups is 1. The fourth-order valence-electron chi connectivity index (χ4n) is 3.52. The SMILES string of the molecule is CCCc1c(OCCCSc2ccc(C(O)C(C)CC(=O)O)cc2)cc(Cl)c(C(C)=O)c1O. The largest absolute Gasteiger partial charge is 0.507 e. The molecule has 0 saturated heterocycles. The number of ketones is 1. The van der Waals surface area contributed by atoms with E-state index < -0.39 is 12.1 Å². The molecule has 0 spiro atoms. The van der Waals surface area contributed by atoms with Gasteiger partial charge in [0.25, 0.3) is 0 Å². The van der Waals surface area contributed by atoms with Gasteiger partial charge >= 0.3 is 5.97 Å². The lowest BCUT2D eigenvalue weighted by Crippen LogP contribution is -2.13. The molecule has 0 saturated carbocycles. The number of ether oxygens (including phenoxy) is 1. The Morgan fingerprint density at radius 1 is 1.21 bits per heavy atom. The van der Waals surface area contributed by atoms with Gasteiger partial charge < -0.3 is 20.1 Å². The second-order valence-electron chi connectivity index (χ2n) is 8.00. The Labute approximate surface area is 203 Å². The second kappa shape index (κ2) is 12.9. The number of carboxylic acids is 1. The molecule has 8 heteroatoms. The summed E-state index contributed by atoms with van der Waals surface area (Å²) in [5, 5.41) is 29.9. The molecule has 0 bridgehead atoms. The molecule has 2 unspecified atom stereocenters. The van der Waals surface area contributed by atoms with Crippen LogP contribution in [0.2, 0.25) is 5.02 Å². The molecule has 0 aliphatic rings. The van der Waals surface area contributed by atoms with Crippen LogP contribution >= 0.6 is 23.4 Å².